The summed E-state index contributed by atoms with van der Waals surface area (Å²) in [6.45, 7) is 2.05. The highest BCUT2D eigenvalue weighted by Gasteiger charge is 2.22. The summed E-state index contributed by atoms with van der Waals surface area (Å²) in [5.41, 5.74) is 2.21. The maximum atomic E-state index is 13.4. The van der Waals surface area contributed by atoms with Gasteiger partial charge in [-0.1, -0.05) is 35.4 Å². The van der Waals surface area contributed by atoms with E-state index < -0.39 is 5.91 Å². The second-order valence-electron chi connectivity index (χ2n) is 7.16. The van der Waals surface area contributed by atoms with Crippen LogP contribution in [0.3, 0.4) is 0 Å². The first-order chi connectivity index (χ1) is 15.0. The number of rotatable bonds is 3. The molecule has 0 unspecified atom stereocenters. The SMILES string of the molecule is Cc1ccc(C(=O)Nc2oc3ccc(Cl)cc3c(=O)c2-c2ccc3c(c2)OCO3)cc1. The molecule has 154 valence electrons. The summed E-state index contributed by atoms with van der Waals surface area (Å²) < 4.78 is 16.8. The molecule has 0 saturated carbocycles. The molecule has 1 N–H and O–H groups in total. The summed E-state index contributed by atoms with van der Waals surface area (Å²) in [6, 6.07) is 17.0. The highest BCUT2D eigenvalue weighted by Crippen LogP contribution is 2.38. The van der Waals surface area contributed by atoms with Crippen molar-refractivity contribution in [2.45, 2.75) is 6.92 Å². The molecule has 0 radical (unpaired) electrons. The van der Waals surface area contributed by atoms with Crippen LogP contribution in [0.1, 0.15) is 15.9 Å². The largest absolute Gasteiger partial charge is 0.454 e. The maximum absolute atomic E-state index is 13.4. The smallest absolute Gasteiger partial charge is 0.257 e. The topological polar surface area (TPSA) is 77.8 Å². The highest BCUT2D eigenvalue weighted by molar-refractivity contribution is 6.31. The number of nitrogens with one attached hydrogen (secondary N) is 1. The Kier molecular flexibility index (Phi) is 4.64. The van der Waals surface area contributed by atoms with Crippen molar-refractivity contribution in [2.75, 3.05) is 12.1 Å². The van der Waals surface area contributed by atoms with E-state index in [-0.39, 0.29) is 23.7 Å². The van der Waals surface area contributed by atoms with Crippen LogP contribution in [0.5, 0.6) is 11.5 Å². The molecule has 0 saturated heterocycles. The lowest BCUT2D eigenvalue weighted by molar-refractivity contribution is 0.102. The fourth-order valence-corrected chi connectivity index (χ4v) is 3.62. The van der Waals surface area contributed by atoms with Crippen molar-refractivity contribution < 1.29 is 18.7 Å². The first-order valence-electron chi connectivity index (χ1n) is 9.54. The Morgan fingerprint density at radius 2 is 1.74 bits per heavy atom. The van der Waals surface area contributed by atoms with Gasteiger partial charge in [-0.05, 0) is 55.0 Å². The van der Waals surface area contributed by atoms with Crippen LogP contribution in [0.25, 0.3) is 22.1 Å². The number of anilines is 1. The Balaban J connectivity index is 1.68. The third-order valence-electron chi connectivity index (χ3n) is 5.05. The predicted octanol–water partition coefficient (Wildman–Crippen LogP) is 5.40. The zero-order valence-corrected chi connectivity index (χ0v) is 17.2. The fourth-order valence-electron chi connectivity index (χ4n) is 3.45. The quantitative estimate of drug-likeness (QED) is 0.468. The molecule has 0 aliphatic carbocycles. The van der Waals surface area contributed by atoms with Crippen LogP contribution < -0.4 is 20.2 Å². The van der Waals surface area contributed by atoms with Gasteiger partial charge < -0.3 is 13.9 Å². The van der Waals surface area contributed by atoms with Crippen molar-refractivity contribution in [2.24, 2.45) is 0 Å². The monoisotopic (exact) mass is 433 g/mol. The van der Waals surface area contributed by atoms with E-state index in [1.54, 1.807) is 48.5 Å². The molecule has 5 rings (SSSR count). The minimum atomic E-state index is -0.390. The minimum absolute atomic E-state index is 0.0456. The van der Waals surface area contributed by atoms with Gasteiger partial charge in [0.25, 0.3) is 5.91 Å². The lowest BCUT2D eigenvalue weighted by Crippen LogP contribution is -2.16. The van der Waals surface area contributed by atoms with Crippen molar-refractivity contribution in [3.8, 4) is 22.6 Å². The van der Waals surface area contributed by atoms with Crippen molar-refractivity contribution in [1.82, 2.24) is 0 Å². The van der Waals surface area contributed by atoms with E-state index in [4.69, 9.17) is 25.5 Å². The van der Waals surface area contributed by atoms with Crippen LogP contribution in [0, 0.1) is 6.92 Å². The van der Waals surface area contributed by atoms with Gasteiger partial charge in [-0.2, -0.15) is 0 Å². The zero-order chi connectivity index (χ0) is 21.5. The summed E-state index contributed by atoms with van der Waals surface area (Å²) in [4.78, 5) is 26.3. The molecular weight excluding hydrogens is 418 g/mol. The zero-order valence-electron chi connectivity index (χ0n) is 16.4. The molecule has 0 fully saturated rings. The molecule has 1 aromatic heterocycles. The molecule has 0 atom stereocenters. The number of fused-ring (bicyclic) bond motifs is 2. The average Bonchev–Trinajstić information content (AvgIpc) is 3.23. The van der Waals surface area contributed by atoms with Crippen molar-refractivity contribution in [3.63, 3.8) is 0 Å². The molecule has 0 bridgehead atoms. The van der Waals surface area contributed by atoms with Crippen LogP contribution in [0.2, 0.25) is 5.02 Å². The Bertz CT molecular complexity index is 1390. The van der Waals surface area contributed by atoms with E-state index in [1.165, 1.54) is 0 Å². The van der Waals surface area contributed by atoms with E-state index in [0.29, 0.717) is 38.6 Å². The fraction of sp³-hybridized carbons (Fsp3) is 0.0833. The van der Waals surface area contributed by atoms with Gasteiger partial charge in [0, 0.05) is 10.6 Å². The van der Waals surface area contributed by atoms with Crippen molar-refractivity contribution >= 4 is 34.4 Å². The Morgan fingerprint density at radius 1 is 0.968 bits per heavy atom. The summed E-state index contributed by atoms with van der Waals surface area (Å²) in [5.74, 6) is 0.754. The molecule has 1 aliphatic rings. The first-order valence-corrected chi connectivity index (χ1v) is 9.92. The van der Waals surface area contributed by atoms with Gasteiger partial charge in [0.2, 0.25) is 18.1 Å². The first kappa shape index (κ1) is 19.2. The number of carbonyl (C=O) groups excluding carboxylic acids is 1. The molecule has 31 heavy (non-hydrogen) atoms. The molecule has 1 amide bonds. The number of aryl methyl sites for hydroxylation is 1. The number of halogens is 1. The lowest BCUT2D eigenvalue weighted by atomic mass is 10.0. The second-order valence-corrected chi connectivity index (χ2v) is 7.60. The third kappa shape index (κ3) is 3.51. The predicted molar refractivity (Wildman–Crippen MR) is 118 cm³/mol. The van der Waals surface area contributed by atoms with Gasteiger partial charge in [0.15, 0.2) is 11.5 Å². The summed E-state index contributed by atoms with van der Waals surface area (Å²) in [7, 11) is 0. The molecule has 2 heterocycles. The lowest BCUT2D eigenvalue weighted by Gasteiger charge is -2.12. The van der Waals surface area contributed by atoms with Gasteiger partial charge in [0.1, 0.15) is 5.58 Å². The molecule has 1 aliphatic heterocycles. The molecule has 6 nitrogen and oxygen atoms in total. The Labute approximate surface area is 182 Å². The standard InChI is InChI=1S/C24H16ClNO5/c1-13-2-4-14(5-3-13)23(28)26-24-21(15-6-8-19-20(10-15)30-12-29-19)22(27)17-11-16(25)7-9-18(17)31-24/h2-11H,12H2,1H3,(H,26,28). The van der Waals surface area contributed by atoms with Crippen LogP contribution >= 0.6 is 11.6 Å². The van der Waals surface area contributed by atoms with Gasteiger partial charge in [0.05, 0.1) is 10.9 Å². The number of ether oxygens (including phenoxy) is 2. The van der Waals surface area contributed by atoms with Gasteiger partial charge in [-0.25, -0.2) is 0 Å². The molecule has 3 aromatic carbocycles. The van der Waals surface area contributed by atoms with E-state index in [9.17, 15) is 9.59 Å². The highest BCUT2D eigenvalue weighted by atomic mass is 35.5. The maximum Gasteiger partial charge on any atom is 0.257 e. The van der Waals surface area contributed by atoms with Gasteiger partial charge >= 0.3 is 0 Å². The molecule has 0 spiro atoms. The number of amides is 1. The normalized spacial score (nSPS) is 12.2. The third-order valence-corrected chi connectivity index (χ3v) is 5.29. The van der Waals surface area contributed by atoms with Crippen molar-refractivity contribution in [1.29, 1.82) is 0 Å². The summed E-state index contributed by atoms with van der Waals surface area (Å²) >= 11 is 6.10. The van der Waals surface area contributed by atoms with Crippen LogP contribution in [0.4, 0.5) is 5.88 Å². The van der Waals surface area contributed by atoms with E-state index in [1.807, 2.05) is 19.1 Å². The van der Waals surface area contributed by atoms with E-state index in [2.05, 4.69) is 5.32 Å². The number of hydrogen-bond donors (Lipinski definition) is 1. The summed E-state index contributed by atoms with van der Waals surface area (Å²) in [6.07, 6.45) is 0. The second kappa shape index (κ2) is 7.49. The minimum Gasteiger partial charge on any atom is -0.454 e. The van der Waals surface area contributed by atoms with Crippen LogP contribution in [-0.2, 0) is 0 Å². The van der Waals surface area contributed by atoms with E-state index >= 15 is 0 Å². The number of hydrogen-bond acceptors (Lipinski definition) is 5. The molecule has 4 aromatic rings. The average molecular weight is 434 g/mol. The molecule has 7 heteroatoms. The molecular formula is C24H16ClNO5. The van der Waals surface area contributed by atoms with Crippen LogP contribution in [0.15, 0.2) is 69.9 Å². The number of benzene rings is 3. The van der Waals surface area contributed by atoms with Gasteiger partial charge in [-0.15, -0.1) is 0 Å². The van der Waals surface area contributed by atoms with E-state index in [0.717, 1.165) is 5.56 Å². The Hall–Kier alpha value is -3.77. The number of carbonyl (C=O) groups is 1. The summed E-state index contributed by atoms with van der Waals surface area (Å²) in [5, 5.41) is 3.47. The van der Waals surface area contributed by atoms with Gasteiger partial charge in [-0.3, -0.25) is 14.9 Å². The Morgan fingerprint density at radius 3 is 2.55 bits per heavy atom. The van der Waals surface area contributed by atoms with Crippen molar-refractivity contribution in [3.05, 3.63) is 87.0 Å². The van der Waals surface area contributed by atoms with Crippen LogP contribution in [-0.4, -0.2) is 12.7 Å².